The highest BCUT2D eigenvalue weighted by molar-refractivity contribution is 7.91. The molecule has 1 atom stereocenters. The molecular weight excluding hydrogens is 450 g/mol. The summed E-state index contributed by atoms with van der Waals surface area (Å²) in [6.07, 6.45) is -1.18. The third kappa shape index (κ3) is 5.30. The second kappa shape index (κ2) is 9.31. The first-order valence-electron chi connectivity index (χ1n) is 8.83. The Bertz CT molecular complexity index is 1180. The van der Waals surface area contributed by atoms with E-state index in [1.165, 1.54) is 18.3 Å². The normalized spacial score (nSPS) is 12.4. The number of esters is 1. The molecule has 0 aliphatic rings. The molecule has 11 heteroatoms. The van der Waals surface area contributed by atoms with Crippen molar-refractivity contribution in [1.29, 1.82) is 0 Å². The average molecular weight is 466 g/mol. The van der Waals surface area contributed by atoms with Gasteiger partial charge in [0.05, 0.1) is 16.2 Å². The number of halogens is 2. The standard InChI is InChI=1S/C20H16F2N2O5S2/c1-12(17(25)24-20-23-16(11-30-20)13-5-3-2-4-6-13)29-18(26)14-7-9-15(10-8-14)31(27,28)19(21)22/h2-12,19H,1H3,(H,23,24,25). The molecule has 1 amide bonds. The minimum Gasteiger partial charge on any atom is -0.449 e. The number of nitrogens with one attached hydrogen (secondary N) is 1. The summed E-state index contributed by atoms with van der Waals surface area (Å²) in [5, 5.41) is 4.66. The summed E-state index contributed by atoms with van der Waals surface area (Å²) in [5.74, 6) is -5.09. The van der Waals surface area contributed by atoms with Gasteiger partial charge in [-0.05, 0) is 31.2 Å². The van der Waals surface area contributed by atoms with E-state index in [4.69, 9.17) is 4.74 Å². The van der Waals surface area contributed by atoms with E-state index in [0.29, 0.717) is 10.8 Å². The average Bonchev–Trinajstić information content (AvgIpc) is 3.22. The smallest absolute Gasteiger partial charge is 0.341 e. The molecule has 0 fully saturated rings. The molecule has 1 aromatic heterocycles. The zero-order valence-corrected chi connectivity index (χ0v) is 17.6. The van der Waals surface area contributed by atoms with Crippen LogP contribution in [-0.4, -0.2) is 37.1 Å². The predicted molar refractivity (Wildman–Crippen MR) is 111 cm³/mol. The van der Waals surface area contributed by atoms with Gasteiger partial charge in [-0.25, -0.2) is 18.2 Å². The molecule has 0 saturated carbocycles. The molecule has 0 aliphatic carbocycles. The van der Waals surface area contributed by atoms with Gasteiger partial charge in [0, 0.05) is 10.9 Å². The zero-order valence-electron chi connectivity index (χ0n) is 16.0. The lowest BCUT2D eigenvalue weighted by Crippen LogP contribution is -2.30. The first-order valence-corrected chi connectivity index (χ1v) is 11.3. The number of nitrogens with zero attached hydrogens (tertiary/aromatic N) is 1. The molecule has 0 radical (unpaired) electrons. The summed E-state index contributed by atoms with van der Waals surface area (Å²) in [4.78, 5) is 28.2. The van der Waals surface area contributed by atoms with Crippen LogP contribution in [0.25, 0.3) is 11.3 Å². The van der Waals surface area contributed by atoms with Gasteiger partial charge in [-0.2, -0.15) is 8.78 Å². The number of carbonyl (C=O) groups excluding carboxylic acids is 2. The monoisotopic (exact) mass is 466 g/mol. The van der Waals surface area contributed by atoms with Crippen molar-refractivity contribution in [2.45, 2.75) is 23.7 Å². The SMILES string of the molecule is CC(OC(=O)c1ccc(S(=O)(=O)C(F)F)cc1)C(=O)Nc1nc(-c2ccccc2)cs1. The Hall–Kier alpha value is -3.18. The topological polar surface area (TPSA) is 102 Å². The van der Waals surface area contributed by atoms with E-state index in [0.717, 1.165) is 29.8 Å². The van der Waals surface area contributed by atoms with E-state index in [-0.39, 0.29) is 5.56 Å². The number of amides is 1. The van der Waals surface area contributed by atoms with Gasteiger partial charge in [0.2, 0.25) is 9.84 Å². The number of aromatic nitrogens is 1. The van der Waals surface area contributed by atoms with Crippen LogP contribution in [-0.2, 0) is 19.4 Å². The summed E-state index contributed by atoms with van der Waals surface area (Å²) >= 11 is 1.21. The van der Waals surface area contributed by atoms with Crippen LogP contribution in [0.1, 0.15) is 17.3 Å². The van der Waals surface area contributed by atoms with Crippen molar-refractivity contribution in [2.24, 2.45) is 0 Å². The Morgan fingerprint density at radius 1 is 1.06 bits per heavy atom. The molecule has 0 spiro atoms. The van der Waals surface area contributed by atoms with E-state index >= 15 is 0 Å². The molecule has 162 valence electrons. The van der Waals surface area contributed by atoms with Crippen molar-refractivity contribution in [3.8, 4) is 11.3 Å². The molecule has 0 aliphatic heterocycles. The summed E-state index contributed by atoms with van der Waals surface area (Å²) < 4.78 is 53.0. The Balaban J connectivity index is 1.61. The van der Waals surface area contributed by atoms with Gasteiger partial charge in [0.25, 0.3) is 5.91 Å². The van der Waals surface area contributed by atoms with Crippen molar-refractivity contribution in [3.05, 3.63) is 65.5 Å². The molecule has 31 heavy (non-hydrogen) atoms. The van der Waals surface area contributed by atoms with Crippen molar-refractivity contribution in [2.75, 3.05) is 5.32 Å². The fourth-order valence-corrected chi connectivity index (χ4v) is 3.89. The molecule has 1 N–H and O–H groups in total. The number of thiazole rings is 1. The highest BCUT2D eigenvalue weighted by Gasteiger charge is 2.27. The van der Waals surface area contributed by atoms with E-state index < -0.39 is 38.5 Å². The van der Waals surface area contributed by atoms with Crippen LogP contribution in [0.2, 0.25) is 0 Å². The summed E-state index contributed by atoms with van der Waals surface area (Å²) in [7, 11) is -4.76. The van der Waals surface area contributed by atoms with Crippen molar-refractivity contribution in [1.82, 2.24) is 4.98 Å². The van der Waals surface area contributed by atoms with Crippen LogP contribution in [0.15, 0.2) is 64.9 Å². The van der Waals surface area contributed by atoms with Crippen LogP contribution < -0.4 is 5.32 Å². The number of anilines is 1. The number of carbonyl (C=O) groups is 2. The van der Waals surface area contributed by atoms with Crippen LogP contribution in [0.3, 0.4) is 0 Å². The van der Waals surface area contributed by atoms with Gasteiger partial charge >= 0.3 is 11.7 Å². The first kappa shape index (κ1) is 22.5. The van der Waals surface area contributed by atoms with E-state index in [2.05, 4.69) is 10.3 Å². The molecular formula is C20H16F2N2O5S2. The number of hydrogen-bond donors (Lipinski definition) is 1. The highest BCUT2D eigenvalue weighted by atomic mass is 32.2. The van der Waals surface area contributed by atoms with E-state index in [1.54, 1.807) is 5.38 Å². The van der Waals surface area contributed by atoms with Gasteiger partial charge in [0.1, 0.15) is 0 Å². The Labute approximate surface area is 180 Å². The maximum atomic E-state index is 12.6. The summed E-state index contributed by atoms with van der Waals surface area (Å²) in [5.41, 5.74) is 1.48. The molecule has 1 unspecified atom stereocenters. The number of hydrogen-bond acceptors (Lipinski definition) is 7. The van der Waals surface area contributed by atoms with Gasteiger partial charge in [0.15, 0.2) is 11.2 Å². The first-order chi connectivity index (χ1) is 14.7. The fraction of sp³-hybridized carbons (Fsp3) is 0.150. The molecule has 3 rings (SSSR count). The maximum Gasteiger partial charge on any atom is 0.341 e. The zero-order chi connectivity index (χ0) is 22.6. The van der Waals surface area contributed by atoms with E-state index in [1.807, 2.05) is 30.3 Å². The molecule has 0 saturated heterocycles. The van der Waals surface area contributed by atoms with Crippen LogP contribution in [0, 0.1) is 0 Å². The Morgan fingerprint density at radius 3 is 2.32 bits per heavy atom. The number of ether oxygens (including phenoxy) is 1. The highest BCUT2D eigenvalue weighted by Crippen LogP contribution is 2.25. The minimum atomic E-state index is -4.76. The molecule has 3 aromatic rings. The van der Waals surface area contributed by atoms with Crippen molar-refractivity contribution in [3.63, 3.8) is 0 Å². The third-order valence-corrected chi connectivity index (χ3v) is 6.27. The van der Waals surface area contributed by atoms with Gasteiger partial charge < -0.3 is 4.74 Å². The van der Waals surface area contributed by atoms with Crippen molar-refractivity contribution >= 4 is 38.2 Å². The molecule has 1 heterocycles. The lowest BCUT2D eigenvalue weighted by Gasteiger charge is -2.12. The molecule has 2 aromatic carbocycles. The second-order valence-electron chi connectivity index (χ2n) is 6.27. The number of rotatable bonds is 7. The van der Waals surface area contributed by atoms with Crippen molar-refractivity contribution < 1.29 is 31.5 Å². The number of sulfone groups is 1. The predicted octanol–water partition coefficient (Wildman–Crippen LogP) is 3.99. The lowest BCUT2D eigenvalue weighted by molar-refractivity contribution is -0.123. The quantitative estimate of drug-likeness (QED) is 0.528. The summed E-state index contributed by atoms with van der Waals surface area (Å²) in [6, 6.07) is 13.2. The van der Waals surface area contributed by atoms with Gasteiger partial charge in [-0.15, -0.1) is 11.3 Å². The molecule has 0 bridgehead atoms. The second-order valence-corrected chi connectivity index (χ2v) is 9.05. The largest absolute Gasteiger partial charge is 0.449 e. The lowest BCUT2D eigenvalue weighted by atomic mass is 10.2. The Morgan fingerprint density at radius 2 is 1.71 bits per heavy atom. The van der Waals surface area contributed by atoms with Crippen LogP contribution in [0.5, 0.6) is 0 Å². The van der Waals surface area contributed by atoms with E-state index in [9.17, 15) is 26.8 Å². The number of alkyl halides is 2. The van der Waals surface area contributed by atoms with Gasteiger partial charge in [-0.1, -0.05) is 30.3 Å². The van der Waals surface area contributed by atoms with Gasteiger partial charge in [-0.3, -0.25) is 10.1 Å². The minimum absolute atomic E-state index is 0.0894. The number of benzene rings is 2. The Kier molecular flexibility index (Phi) is 6.76. The maximum absolute atomic E-state index is 12.6. The molecule has 7 nitrogen and oxygen atoms in total. The third-order valence-electron chi connectivity index (χ3n) is 4.11. The van der Waals surface area contributed by atoms with Crippen LogP contribution >= 0.6 is 11.3 Å². The fourth-order valence-electron chi connectivity index (χ4n) is 2.45. The van der Waals surface area contributed by atoms with Crippen LogP contribution in [0.4, 0.5) is 13.9 Å². The summed E-state index contributed by atoms with van der Waals surface area (Å²) in [6.45, 7) is 1.36.